The van der Waals surface area contributed by atoms with Crippen LogP contribution < -0.4 is 4.90 Å². The van der Waals surface area contributed by atoms with Crippen LogP contribution in [-0.4, -0.2) is 43.9 Å². The van der Waals surface area contributed by atoms with Gasteiger partial charge in [0, 0.05) is 42.1 Å². The van der Waals surface area contributed by atoms with Crippen LogP contribution in [0.25, 0.3) is 11.3 Å². The number of piperazine rings is 1. The summed E-state index contributed by atoms with van der Waals surface area (Å²) in [7, 11) is -3.69. The number of rotatable bonds is 4. The molecule has 9 heteroatoms. The average molecular weight is 496 g/mol. The van der Waals surface area contributed by atoms with Crippen LogP contribution in [0.2, 0.25) is 10.0 Å². The van der Waals surface area contributed by atoms with Gasteiger partial charge in [0.1, 0.15) is 4.90 Å². The normalized spacial score (nSPS) is 15.5. The van der Waals surface area contributed by atoms with E-state index in [0.29, 0.717) is 36.8 Å². The minimum absolute atomic E-state index is 0.107. The molecule has 0 bridgehead atoms. The highest BCUT2D eigenvalue weighted by molar-refractivity contribution is 7.89. The number of nitrogens with zero attached hydrogens (tertiary/aromatic N) is 3. The molecule has 4 rings (SSSR count). The largest absolute Gasteiger partial charge is 0.345 e. The van der Waals surface area contributed by atoms with Crippen molar-refractivity contribution in [3.63, 3.8) is 0 Å². The summed E-state index contributed by atoms with van der Waals surface area (Å²) in [6, 6.07) is 9.39. The van der Waals surface area contributed by atoms with E-state index in [1.54, 1.807) is 24.3 Å². The van der Waals surface area contributed by atoms with Crippen molar-refractivity contribution in [2.24, 2.45) is 0 Å². The average Bonchev–Trinajstić information content (AvgIpc) is 3.22. The molecule has 3 aromatic rings. The molecule has 0 radical (unpaired) electrons. The maximum atomic E-state index is 13.1. The minimum Gasteiger partial charge on any atom is -0.345 e. The number of aromatic nitrogens is 1. The van der Waals surface area contributed by atoms with Crippen molar-refractivity contribution in [3.05, 3.63) is 62.4 Å². The highest BCUT2D eigenvalue weighted by Crippen LogP contribution is 2.33. The summed E-state index contributed by atoms with van der Waals surface area (Å²) in [4.78, 5) is 7.07. The standard InChI is InChI=1S/C22H23Cl2N3O2S2/c1-14-4-5-15(2)17(10-14)20-13-30-22(25-20)26-6-8-27(9-7-26)31(28,29)21-11-16(3)18(23)12-19(21)24/h4-5,10-13H,6-9H2,1-3H3. The Kier molecular flexibility index (Phi) is 6.34. The van der Waals surface area contributed by atoms with Crippen molar-refractivity contribution in [2.75, 3.05) is 31.1 Å². The van der Waals surface area contributed by atoms with Crippen LogP contribution in [0.1, 0.15) is 16.7 Å². The quantitative estimate of drug-likeness (QED) is 0.475. The number of thiazole rings is 1. The maximum absolute atomic E-state index is 13.1. The van der Waals surface area contributed by atoms with Gasteiger partial charge in [-0.15, -0.1) is 11.3 Å². The second kappa shape index (κ2) is 8.71. The first kappa shape index (κ1) is 22.6. The van der Waals surface area contributed by atoms with Gasteiger partial charge in [-0.1, -0.05) is 40.9 Å². The molecule has 1 aliphatic heterocycles. The van der Waals surface area contributed by atoms with Gasteiger partial charge < -0.3 is 4.90 Å². The van der Waals surface area contributed by atoms with Crippen LogP contribution in [0.3, 0.4) is 0 Å². The maximum Gasteiger partial charge on any atom is 0.244 e. The zero-order valence-electron chi connectivity index (χ0n) is 17.5. The Morgan fingerprint density at radius 2 is 1.65 bits per heavy atom. The van der Waals surface area contributed by atoms with Gasteiger partial charge in [0.05, 0.1) is 10.7 Å². The lowest BCUT2D eigenvalue weighted by Gasteiger charge is -2.34. The Hall–Kier alpha value is -1.64. The third-order valence-corrected chi connectivity index (χ3v) is 9.17. The fraction of sp³-hybridized carbons (Fsp3) is 0.318. The van der Waals surface area contributed by atoms with Gasteiger partial charge in [-0.2, -0.15) is 4.31 Å². The van der Waals surface area contributed by atoms with Crippen molar-refractivity contribution in [2.45, 2.75) is 25.7 Å². The predicted octanol–water partition coefficient (Wildman–Crippen LogP) is 5.55. The van der Waals surface area contributed by atoms with Crippen molar-refractivity contribution in [1.82, 2.24) is 9.29 Å². The first-order valence-corrected chi connectivity index (χ1v) is 13.0. The zero-order chi connectivity index (χ0) is 22.3. The topological polar surface area (TPSA) is 53.5 Å². The van der Waals surface area contributed by atoms with Crippen LogP contribution in [0.4, 0.5) is 5.13 Å². The summed E-state index contributed by atoms with van der Waals surface area (Å²) in [6.07, 6.45) is 0. The van der Waals surface area contributed by atoms with Crippen molar-refractivity contribution in [3.8, 4) is 11.3 Å². The fourth-order valence-corrected chi connectivity index (χ4v) is 6.74. The lowest BCUT2D eigenvalue weighted by molar-refractivity contribution is 0.385. The monoisotopic (exact) mass is 495 g/mol. The first-order chi connectivity index (χ1) is 14.7. The number of sulfonamides is 1. The molecule has 1 aromatic heterocycles. The van der Waals surface area contributed by atoms with E-state index in [2.05, 4.69) is 42.3 Å². The Morgan fingerprint density at radius 3 is 2.35 bits per heavy atom. The zero-order valence-corrected chi connectivity index (χ0v) is 20.7. The molecule has 0 amide bonds. The van der Waals surface area contributed by atoms with E-state index < -0.39 is 10.0 Å². The van der Waals surface area contributed by atoms with Gasteiger partial charge in [0.25, 0.3) is 0 Å². The van der Waals surface area contributed by atoms with E-state index in [1.807, 2.05) is 0 Å². The molecule has 2 heterocycles. The van der Waals surface area contributed by atoms with Crippen LogP contribution >= 0.6 is 34.5 Å². The lowest BCUT2D eigenvalue weighted by atomic mass is 10.0. The summed E-state index contributed by atoms with van der Waals surface area (Å²) >= 11 is 13.9. The molecule has 0 saturated carbocycles. The Balaban J connectivity index is 1.50. The molecule has 2 aromatic carbocycles. The molecule has 31 heavy (non-hydrogen) atoms. The Bertz CT molecular complexity index is 1230. The number of anilines is 1. The van der Waals surface area contributed by atoms with Crippen molar-refractivity contribution >= 4 is 49.7 Å². The van der Waals surface area contributed by atoms with E-state index in [-0.39, 0.29) is 9.92 Å². The van der Waals surface area contributed by atoms with Gasteiger partial charge in [-0.25, -0.2) is 13.4 Å². The molecule has 0 atom stereocenters. The molecule has 0 spiro atoms. The highest BCUT2D eigenvalue weighted by atomic mass is 35.5. The fourth-order valence-electron chi connectivity index (χ4n) is 3.63. The lowest BCUT2D eigenvalue weighted by Crippen LogP contribution is -2.48. The number of halogens is 2. The smallest absolute Gasteiger partial charge is 0.244 e. The van der Waals surface area contributed by atoms with Gasteiger partial charge in [0.15, 0.2) is 5.13 Å². The molecule has 1 saturated heterocycles. The predicted molar refractivity (Wildman–Crippen MR) is 129 cm³/mol. The van der Waals surface area contributed by atoms with Gasteiger partial charge >= 0.3 is 0 Å². The first-order valence-electron chi connectivity index (χ1n) is 9.90. The Morgan fingerprint density at radius 1 is 0.935 bits per heavy atom. The Labute approximate surface area is 197 Å². The number of aryl methyl sites for hydroxylation is 3. The van der Waals surface area contributed by atoms with E-state index in [1.165, 1.54) is 21.5 Å². The number of hydrogen-bond donors (Lipinski definition) is 0. The van der Waals surface area contributed by atoms with Crippen molar-refractivity contribution < 1.29 is 8.42 Å². The van der Waals surface area contributed by atoms with E-state index in [4.69, 9.17) is 28.2 Å². The summed E-state index contributed by atoms with van der Waals surface area (Å²) in [5, 5.41) is 3.58. The van der Waals surface area contributed by atoms with E-state index >= 15 is 0 Å². The van der Waals surface area contributed by atoms with E-state index in [9.17, 15) is 8.42 Å². The molecule has 0 aliphatic carbocycles. The second-order valence-electron chi connectivity index (χ2n) is 7.76. The van der Waals surface area contributed by atoms with Crippen LogP contribution in [-0.2, 0) is 10.0 Å². The molecule has 164 valence electrons. The molecular formula is C22H23Cl2N3O2S2. The minimum atomic E-state index is -3.69. The van der Waals surface area contributed by atoms with Gasteiger partial charge in [-0.3, -0.25) is 0 Å². The van der Waals surface area contributed by atoms with Crippen molar-refractivity contribution in [1.29, 1.82) is 0 Å². The third kappa shape index (κ3) is 4.47. The number of hydrogen-bond acceptors (Lipinski definition) is 5. The summed E-state index contributed by atoms with van der Waals surface area (Å²) in [5.74, 6) is 0. The van der Waals surface area contributed by atoms with Crippen LogP contribution in [0.5, 0.6) is 0 Å². The molecular weight excluding hydrogens is 473 g/mol. The molecule has 1 fully saturated rings. The summed E-state index contributed by atoms with van der Waals surface area (Å²) in [6.45, 7) is 7.82. The van der Waals surface area contributed by atoms with Gasteiger partial charge in [0.2, 0.25) is 10.0 Å². The third-order valence-electron chi connectivity index (χ3n) is 5.50. The highest BCUT2D eigenvalue weighted by Gasteiger charge is 2.31. The number of benzene rings is 2. The summed E-state index contributed by atoms with van der Waals surface area (Å²) < 4.78 is 27.8. The summed E-state index contributed by atoms with van der Waals surface area (Å²) in [5.41, 5.74) is 5.17. The second-order valence-corrected chi connectivity index (χ2v) is 11.3. The van der Waals surface area contributed by atoms with Gasteiger partial charge in [-0.05, 0) is 50.1 Å². The molecule has 1 aliphatic rings. The molecule has 5 nitrogen and oxygen atoms in total. The van der Waals surface area contributed by atoms with Crippen LogP contribution in [0, 0.1) is 20.8 Å². The molecule has 0 unspecified atom stereocenters. The van der Waals surface area contributed by atoms with E-state index in [0.717, 1.165) is 16.4 Å². The van der Waals surface area contributed by atoms with Crippen LogP contribution in [0.15, 0.2) is 40.6 Å². The SMILES string of the molecule is Cc1ccc(C)c(-c2csc(N3CCN(S(=O)(=O)c4cc(C)c(Cl)cc4Cl)CC3)n2)c1. The molecule has 0 N–H and O–H groups in total.